The number of nitrogens with zero attached hydrogens (tertiary/aromatic N) is 1. The number of hydrogen-bond donors (Lipinski definition) is 0. The highest BCUT2D eigenvalue weighted by Gasteiger charge is 2.31. The lowest BCUT2D eigenvalue weighted by molar-refractivity contribution is -0.129. The van der Waals surface area contributed by atoms with Crippen LogP contribution < -0.4 is 0 Å². The second kappa shape index (κ2) is 9.33. The molecule has 132 valence electrons. The Balaban J connectivity index is 2.12. The summed E-state index contributed by atoms with van der Waals surface area (Å²) in [6.45, 7) is 3.93. The highest BCUT2D eigenvalue weighted by Crippen LogP contribution is 2.25. The summed E-state index contributed by atoms with van der Waals surface area (Å²) in [5.74, 6) is 0.452. The van der Waals surface area contributed by atoms with Crippen LogP contribution in [0.1, 0.15) is 19.4 Å². The van der Waals surface area contributed by atoms with Gasteiger partial charge in [0.05, 0.1) is 6.54 Å². The summed E-state index contributed by atoms with van der Waals surface area (Å²) < 4.78 is -1.46. The molecule has 0 aromatic heterocycles. The number of thioether (sulfide) groups is 1. The molecule has 0 saturated heterocycles. The van der Waals surface area contributed by atoms with Crippen molar-refractivity contribution < 1.29 is 4.79 Å². The van der Waals surface area contributed by atoms with Crippen LogP contribution in [0.15, 0.2) is 77.3 Å². The number of benzene rings is 2. The molecule has 0 N–H and O–H groups in total. The topological polar surface area (TPSA) is 20.3 Å². The van der Waals surface area contributed by atoms with E-state index in [2.05, 4.69) is 12.1 Å². The van der Waals surface area contributed by atoms with E-state index in [1.165, 1.54) is 11.8 Å². The van der Waals surface area contributed by atoms with Crippen LogP contribution >= 0.6 is 35.0 Å². The zero-order valence-electron chi connectivity index (χ0n) is 14.3. The fraction of sp³-hybridized carbons (Fsp3) is 0.250. The molecule has 0 aliphatic carbocycles. The molecule has 0 aliphatic rings. The van der Waals surface area contributed by atoms with Crippen molar-refractivity contribution in [1.29, 1.82) is 0 Å². The van der Waals surface area contributed by atoms with Gasteiger partial charge in [0.2, 0.25) is 0 Å². The summed E-state index contributed by atoms with van der Waals surface area (Å²) >= 11 is 13.8. The molecule has 2 nitrogen and oxygen atoms in total. The minimum atomic E-state index is -1.46. The maximum Gasteiger partial charge on any atom is 0.262 e. The third-order valence-corrected chi connectivity index (χ3v) is 4.95. The van der Waals surface area contributed by atoms with Gasteiger partial charge < -0.3 is 4.90 Å². The molecular weight excluding hydrogens is 373 g/mol. The van der Waals surface area contributed by atoms with Crippen molar-refractivity contribution in [3.05, 3.63) is 78.0 Å². The van der Waals surface area contributed by atoms with Gasteiger partial charge in [-0.2, -0.15) is 0 Å². The molecular formula is C20H21Cl2NOS. The monoisotopic (exact) mass is 393 g/mol. The quantitative estimate of drug-likeness (QED) is 0.430. The van der Waals surface area contributed by atoms with Gasteiger partial charge in [-0.25, -0.2) is 0 Å². The van der Waals surface area contributed by atoms with Crippen molar-refractivity contribution in [2.75, 3.05) is 5.75 Å². The van der Waals surface area contributed by atoms with Crippen LogP contribution in [0.4, 0.5) is 0 Å². The number of hydrogen-bond acceptors (Lipinski definition) is 2. The highest BCUT2D eigenvalue weighted by molar-refractivity contribution is 7.99. The van der Waals surface area contributed by atoms with Gasteiger partial charge in [-0.15, -0.1) is 11.8 Å². The van der Waals surface area contributed by atoms with Crippen molar-refractivity contribution in [3.8, 4) is 0 Å². The summed E-state index contributed by atoms with van der Waals surface area (Å²) in [5.41, 5.74) is 2.09. The number of carbonyl (C=O) groups is 1. The average molecular weight is 394 g/mol. The zero-order chi connectivity index (χ0) is 18.3. The molecule has 0 saturated carbocycles. The second-order valence-electron chi connectivity index (χ2n) is 5.88. The van der Waals surface area contributed by atoms with Gasteiger partial charge >= 0.3 is 0 Å². The fourth-order valence-electron chi connectivity index (χ4n) is 2.23. The van der Waals surface area contributed by atoms with Crippen LogP contribution in [-0.2, 0) is 11.3 Å². The average Bonchev–Trinajstić information content (AvgIpc) is 2.60. The highest BCUT2D eigenvalue weighted by atomic mass is 35.5. The van der Waals surface area contributed by atoms with Crippen molar-refractivity contribution in [1.82, 2.24) is 4.90 Å². The summed E-state index contributed by atoms with van der Waals surface area (Å²) in [7, 11) is 0. The molecule has 0 heterocycles. The van der Waals surface area contributed by atoms with Crippen molar-refractivity contribution in [3.63, 3.8) is 0 Å². The Morgan fingerprint density at radius 1 is 1.08 bits per heavy atom. The minimum absolute atomic E-state index is 0.330. The van der Waals surface area contributed by atoms with E-state index in [-0.39, 0.29) is 5.91 Å². The van der Waals surface area contributed by atoms with Crippen LogP contribution in [0, 0.1) is 0 Å². The van der Waals surface area contributed by atoms with Crippen LogP contribution in [0.25, 0.3) is 0 Å². The van der Waals surface area contributed by atoms with Crippen LogP contribution in [-0.4, -0.2) is 20.9 Å². The Labute approximate surface area is 163 Å². The molecule has 0 fully saturated rings. The third-order valence-electron chi connectivity index (χ3n) is 3.42. The first kappa shape index (κ1) is 19.9. The molecule has 0 unspecified atom stereocenters. The molecule has 1 amide bonds. The predicted molar refractivity (Wildman–Crippen MR) is 108 cm³/mol. The first-order chi connectivity index (χ1) is 11.9. The molecule has 0 aliphatic heterocycles. The van der Waals surface area contributed by atoms with Gasteiger partial charge in [0.1, 0.15) is 0 Å². The molecule has 5 heteroatoms. The first-order valence-corrected chi connectivity index (χ1v) is 9.68. The molecule has 2 rings (SSSR count). The lowest BCUT2D eigenvalue weighted by Gasteiger charge is -2.25. The summed E-state index contributed by atoms with van der Waals surface area (Å²) in [6.07, 6.45) is 1.84. The van der Waals surface area contributed by atoms with Gasteiger partial charge in [-0.3, -0.25) is 4.79 Å². The van der Waals surface area contributed by atoms with E-state index < -0.39 is 4.33 Å². The van der Waals surface area contributed by atoms with Crippen molar-refractivity contribution in [2.24, 2.45) is 0 Å². The van der Waals surface area contributed by atoms with E-state index in [0.29, 0.717) is 6.54 Å². The van der Waals surface area contributed by atoms with E-state index in [9.17, 15) is 4.79 Å². The maximum absolute atomic E-state index is 12.6. The minimum Gasteiger partial charge on any atom is -0.312 e. The second-order valence-corrected chi connectivity index (χ2v) is 8.64. The fourth-order valence-corrected chi connectivity index (χ4v) is 3.26. The zero-order valence-corrected chi connectivity index (χ0v) is 16.6. The van der Waals surface area contributed by atoms with Gasteiger partial charge in [-0.1, -0.05) is 71.7 Å². The molecule has 2 aromatic rings. The van der Waals surface area contributed by atoms with Crippen LogP contribution in [0.2, 0.25) is 0 Å². The number of amides is 1. The lowest BCUT2D eigenvalue weighted by atomic mass is 10.2. The SMILES string of the molecule is C/C(=C\N(Cc1ccccc1)C(=O)C(C)(Cl)Cl)CSc1ccccc1. The van der Waals surface area contributed by atoms with E-state index in [0.717, 1.165) is 16.9 Å². The van der Waals surface area contributed by atoms with Crippen LogP contribution in [0.3, 0.4) is 0 Å². The Bertz CT molecular complexity index is 711. The van der Waals surface area contributed by atoms with Gasteiger partial charge in [0.15, 0.2) is 4.33 Å². The summed E-state index contributed by atoms with van der Waals surface area (Å²) in [4.78, 5) is 15.4. The smallest absolute Gasteiger partial charge is 0.262 e. The Hall–Kier alpha value is -1.42. The molecule has 0 radical (unpaired) electrons. The van der Waals surface area contributed by atoms with Gasteiger partial charge in [0.25, 0.3) is 5.91 Å². The maximum atomic E-state index is 12.6. The van der Waals surface area contributed by atoms with E-state index >= 15 is 0 Å². The van der Waals surface area contributed by atoms with E-state index in [1.807, 2.05) is 61.7 Å². The largest absolute Gasteiger partial charge is 0.312 e. The summed E-state index contributed by atoms with van der Waals surface area (Å²) in [6, 6.07) is 19.9. The first-order valence-electron chi connectivity index (χ1n) is 7.94. The van der Waals surface area contributed by atoms with E-state index in [4.69, 9.17) is 23.2 Å². The Morgan fingerprint density at radius 3 is 2.20 bits per heavy atom. The molecule has 2 aromatic carbocycles. The Kier molecular flexibility index (Phi) is 7.42. The van der Waals surface area contributed by atoms with Gasteiger partial charge in [-0.05, 0) is 37.1 Å². The van der Waals surface area contributed by atoms with Crippen molar-refractivity contribution in [2.45, 2.75) is 29.6 Å². The summed E-state index contributed by atoms with van der Waals surface area (Å²) in [5, 5.41) is 0. The predicted octanol–water partition coefficient (Wildman–Crippen LogP) is 5.91. The van der Waals surface area contributed by atoms with E-state index in [1.54, 1.807) is 16.7 Å². The number of alkyl halides is 2. The normalized spacial score (nSPS) is 12.1. The molecule has 0 bridgehead atoms. The molecule has 25 heavy (non-hydrogen) atoms. The number of carbonyl (C=O) groups excluding carboxylic acids is 1. The Morgan fingerprint density at radius 2 is 1.64 bits per heavy atom. The van der Waals surface area contributed by atoms with Gasteiger partial charge in [0, 0.05) is 16.8 Å². The number of halogens is 2. The third kappa shape index (κ3) is 6.77. The molecule has 0 atom stereocenters. The molecule has 0 spiro atoms. The van der Waals surface area contributed by atoms with Crippen LogP contribution in [0.5, 0.6) is 0 Å². The van der Waals surface area contributed by atoms with Crippen molar-refractivity contribution >= 4 is 40.9 Å². The lowest BCUT2D eigenvalue weighted by Crippen LogP contribution is -2.37. The number of rotatable bonds is 7. The standard InChI is InChI=1S/C20H21Cl2NOS/c1-16(15-25-18-11-7-4-8-12-18)13-23(19(24)20(2,21)22)14-17-9-5-3-6-10-17/h3-13H,14-15H2,1-2H3/b16-13+.